The van der Waals surface area contributed by atoms with Gasteiger partial charge >= 0.3 is 0 Å². The molecular formula is C20H24N2O2. The van der Waals surface area contributed by atoms with Crippen molar-refractivity contribution in [2.45, 2.75) is 19.4 Å². The van der Waals surface area contributed by atoms with Crippen LogP contribution in [0.15, 0.2) is 54.6 Å². The molecule has 24 heavy (non-hydrogen) atoms. The maximum atomic E-state index is 12.6. The molecule has 4 nitrogen and oxygen atoms in total. The second-order valence-electron chi connectivity index (χ2n) is 6.25. The lowest BCUT2D eigenvalue weighted by atomic mass is 10.1. The first kappa shape index (κ1) is 16.4. The Labute approximate surface area is 143 Å². The molecule has 3 rings (SSSR count). The van der Waals surface area contributed by atoms with Crippen molar-refractivity contribution in [2.24, 2.45) is 0 Å². The molecule has 126 valence electrons. The van der Waals surface area contributed by atoms with Crippen molar-refractivity contribution in [3.63, 3.8) is 0 Å². The fourth-order valence-corrected chi connectivity index (χ4v) is 3.26. The third-order valence-corrected chi connectivity index (χ3v) is 4.56. The van der Waals surface area contributed by atoms with Gasteiger partial charge in [-0.1, -0.05) is 30.3 Å². The summed E-state index contributed by atoms with van der Waals surface area (Å²) in [5.41, 5.74) is 2.22. The molecular weight excluding hydrogens is 300 g/mol. The fourth-order valence-electron chi connectivity index (χ4n) is 3.26. The minimum absolute atomic E-state index is 0.183. The molecule has 0 N–H and O–H groups in total. The average molecular weight is 324 g/mol. The minimum Gasteiger partial charge on any atom is -0.497 e. The van der Waals surface area contributed by atoms with Crippen LogP contribution in [0.2, 0.25) is 0 Å². The predicted octanol–water partition coefficient (Wildman–Crippen LogP) is 2.98. The molecule has 1 aliphatic heterocycles. The van der Waals surface area contributed by atoms with Crippen LogP contribution in [0, 0.1) is 0 Å². The number of ether oxygens (including phenoxy) is 1. The Kier molecular flexibility index (Phi) is 5.04. The maximum absolute atomic E-state index is 12.6. The van der Waals surface area contributed by atoms with E-state index < -0.39 is 0 Å². The highest BCUT2D eigenvalue weighted by Gasteiger charge is 2.26. The normalized spacial score (nSPS) is 17.7. The molecule has 1 saturated heterocycles. The Balaban J connectivity index is 1.61. The number of amides is 1. The van der Waals surface area contributed by atoms with Gasteiger partial charge in [-0.05, 0) is 36.8 Å². The van der Waals surface area contributed by atoms with Crippen LogP contribution >= 0.6 is 0 Å². The second kappa shape index (κ2) is 7.39. The molecule has 0 bridgehead atoms. The summed E-state index contributed by atoms with van der Waals surface area (Å²) in [4.78, 5) is 17.0. The summed E-state index contributed by atoms with van der Waals surface area (Å²) in [5, 5.41) is 0. The lowest BCUT2D eigenvalue weighted by molar-refractivity contribution is -0.131. The van der Waals surface area contributed by atoms with E-state index in [4.69, 9.17) is 4.74 Å². The highest BCUT2D eigenvalue weighted by atomic mass is 16.5. The van der Waals surface area contributed by atoms with E-state index in [0.717, 1.165) is 30.9 Å². The van der Waals surface area contributed by atoms with Crippen molar-refractivity contribution in [3.8, 4) is 5.75 Å². The summed E-state index contributed by atoms with van der Waals surface area (Å²) in [6.45, 7) is 4.58. The van der Waals surface area contributed by atoms with Crippen molar-refractivity contribution in [1.29, 1.82) is 0 Å². The van der Waals surface area contributed by atoms with Crippen LogP contribution in [-0.2, 0) is 11.2 Å². The summed E-state index contributed by atoms with van der Waals surface area (Å²) < 4.78 is 5.23. The molecule has 2 aromatic rings. The number of anilines is 1. The van der Waals surface area contributed by atoms with Gasteiger partial charge in [0.25, 0.3) is 0 Å². The lowest BCUT2D eigenvalue weighted by Crippen LogP contribution is -2.54. The molecule has 0 radical (unpaired) electrons. The molecule has 2 aromatic carbocycles. The van der Waals surface area contributed by atoms with E-state index in [1.54, 1.807) is 7.11 Å². The Morgan fingerprint density at radius 3 is 2.62 bits per heavy atom. The van der Waals surface area contributed by atoms with Gasteiger partial charge in [-0.3, -0.25) is 4.79 Å². The SMILES string of the molecule is COc1cccc(CC(=O)N2CCN(c3ccccc3)C(C)C2)c1. The number of piperazine rings is 1. The number of rotatable bonds is 4. The van der Waals surface area contributed by atoms with E-state index in [1.807, 2.05) is 35.2 Å². The lowest BCUT2D eigenvalue weighted by Gasteiger charge is -2.41. The van der Waals surface area contributed by atoms with Gasteiger partial charge in [-0.2, -0.15) is 0 Å². The molecule has 1 aliphatic rings. The highest BCUT2D eigenvalue weighted by Crippen LogP contribution is 2.21. The van der Waals surface area contributed by atoms with Crippen LogP contribution in [0.3, 0.4) is 0 Å². The van der Waals surface area contributed by atoms with E-state index in [1.165, 1.54) is 5.69 Å². The monoisotopic (exact) mass is 324 g/mol. The Hall–Kier alpha value is -2.49. The van der Waals surface area contributed by atoms with Gasteiger partial charge in [0, 0.05) is 31.4 Å². The minimum atomic E-state index is 0.183. The Morgan fingerprint density at radius 1 is 1.12 bits per heavy atom. The summed E-state index contributed by atoms with van der Waals surface area (Å²) in [5.74, 6) is 0.977. The van der Waals surface area contributed by atoms with E-state index in [9.17, 15) is 4.79 Å². The molecule has 1 unspecified atom stereocenters. The molecule has 4 heteroatoms. The number of carbonyl (C=O) groups excluding carboxylic acids is 1. The molecule has 1 heterocycles. The summed E-state index contributed by atoms with van der Waals surface area (Å²) in [6.07, 6.45) is 0.426. The maximum Gasteiger partial charge on any atom is 0.227 e. The first-order valence-corrected chi connectivity index (χ1v) is 8.40. The second-order valence-corrected chi connectivity index (χ2v) is 6.25. The zero-order chi connectivity index (χ0) is 16.9. The zero-order valence-electron chi connectivity index (χ0n) is 14.3. The van der Waals surface area contributed by atoms with Gasteiger partial charge in [0.2, 0.25) is 5.91 Å². The number of carbonyl (C=O) groups is 1. The first-order valence-electron chi connectivity index (χ1n) is 8.40. The standard InChI is InChI=1S/C20H24N2O2/c1-16-15-21(11-12-22(16)18-8-4-3-5-9-18)20(23)14-17-7-6-10-19(13-17)24-2/h3-10,13,16H,11-12,14-15H2,1-2H3. The molecule has 0 spiro atoms. The molecule has 1 atom stereocenters. The number of benzene rings is 2. The zero-order valence-corrected chi connectivity index (χ0v) is 14.3. The molecule has 0 aliphatic carbocycles. The van der Waals surface area contributed by atoms with Crippen LogP contribution in [0.25, 0.3) is 0 Å². The Bertz CT molecular complexity index is 687. The van der Waals surface area contributed by atoms with Crippen LogP contribution in [0.1, 0.15) is 12.5 Å². The number of nitrogens with zero attached hydrogens (tertiary/aromatic N) is 2. The topological polar surface area (TPSA) is 32.8 Å². The fraction of sp³-hybridized carbons (Fsp3) is 0.350. The molecule has 0 saturated carbocycles. The summed E-state index contributed by atoms with van der Waals surface area (Å²) >= 11 is 0. The van der Waals surface area contributed by atoms with E-state index in [0.29, 0.717) is 12.5 Å². The van der Waals surface area contributed by atoms with Gasteiger partial charge in [0.15, 0.2) is 0 Å². The number of para-hydroxylation sites is 1. The number of hydrogen-bond donors (Lipinski definition) is 0. The van der Waals surface area contributed by atoms with E-state index in [2.05, 4.69) is 36.1 Å². The quantitative estimate of drug-likeness (QED) is 0.867. The van der Waals surface area contributed by atoms with Gasteiger partial charge in [-0.15, -0.1) is 0 Å². The average Bonchev–Trinajstić information content (AvgIpc) is 2.62. The van der Waals surface area contributed by atoms with Gasteiger partial charge in [0.1, 0.15) is 5.75 Å². The van der Waals surface area contributed by atoms with Crippen molar-refractivity contribution in [2.75, 3.05) is 31.6 Å². The van der Waals surface area contributed by atoms with Crippen LogP contribution in [0.5, 0.6) is 5.75 Å². The molecule has 1 fully saturated rings. The molecule has 0 aromatic heterocycles. The summed E-state index contributed by atoms with van der Waals surface area (Å²) in [7, 11) is 1.64. The predicted molar refractivity (Wildman–Crippen MR) is 96.5 cm³/mol. The largest absolute Gasteiger partial charge is 0.497 e. The summed E-state index contributed by atoms with van der Waals surface area (Å²) in [6, 6.07) is 18.5. The molecule has 1 amide bonds. The van der Waals surface area contributed by atoms with Gasteiger partial charge < -0.3 is 14.5 Å². The van der Waals surface area contributed by atoms with Crippen LogP contribution < -0.4 is 9.64 Å². The highest BCUT2D eigenvalue weighted by molar-refractivity contribution is 5.79. The van der Waals surface area contributed by atoms with E-state index in [-0.39, 0.29) is 5.91 Å². The smallest absolute Gasteiger partial charge is 0.227 e. The van der Waals surface area contributed by atoms with Gasteiger partial charge in [0.05, 0.1) is 13.5 Å². The third kappa shape index (κ3) is 3.70. The van der Waals surface area contributed by atoms with Crippen molar-refractivity contribution in [1.82, 2.24) is 4.90 Å². The van der Waals surface area contributed by atoms with Crippen LogP contribution in [0.4, 0.5) is 5.69 Å². The van der Waals surface area contributed by atoms with Crippen molar-refractivity contribution in [3.05, 3.63) is 60.2 Å². The van der Waals surface area contributed by atoms with E-state index >= 15 is 0 Å². The van der Waals surface area contributed by atoms with Crippen molar-refractivity contribution >= 4 is 11.6 Å². The number of methoxy groups -OCH3 is 1. The first-order chi connectivity index (χ1) is 11.7. The number of hydrogen-bond acceptors (Lipinski definition) is 3. The van der Waals surface area contributed by atoms with Crippen molar-refractivity contribution < 1.29 is 9.53 Å². The third-order valence-electron chi connectivity index (χ3n) is 4.56. The van der Waals surface area contributed by atoms with Gasteiger partial charge in [-0.25, -0.2) is 0 Å². The Morgan fingerprint density at radius 2 is 1.92 bits per heavy atom. The van der Waals surface area contributed by atoms with Crippen LogP contribution in [-0.4, -0.2) is 43.6 Å².